The van der Waals surface area contributed by atoms with E-state index < -0.39 is 24.2 Å². The highest BCUT2D eigenvalue weighted by atomic mass is 19.3. The van der Waals surface area contributed by atoms with E-state index in [2.05, 4.69) is 15.4 Å². The van der Waals surface area contributed by atoms with Gasteiger partial charge < -0.3 is 20.5 Å². The summed E-state index contributed by atoms with van der Waals surface area (Å²) >= 11 is 0. The number of anilines is 1. The fraction of sp³-hybridized carbons (Fsp3) is 0.533. The summed E-state index contributed by atoms with van der Waals surface area (Å²) in [5, 5.41) is 14.0. The third kappa shape index (κ3) is 7.23. The summed E-state index contributed by atoms with van der Waals surface area (Å²) in [7, 11) is 0. The molecule has 5 nitrogen and oxygen atoms in total. The molecule has 1 rings (SSSR count). The molecule has 2 amide bonds. The van der Waals surface area contributed by atoms with Crippen LogP contribution >= 0.6 is 0 Å². The molecule has 1 aromatic rings. The Kier molecular flexibility index (Phi) is 8.25. The van der Waals surface area contributed by atoms with Crippen LogP contribution in [-0.2, 0) is 0 Å². The molecule has 0 bridgehead atoms. The molecule has 0 saturated heterocycles. The van der Waals surface area contributed by atoms with Crippen molar-refractivity contribution in [3.05, 3.63) is 24.0 Å². The lowest BCUT2D eigenvalue weighted by atomic mass is 10.0. The predicted molar refractivity (Wildman–Crippen MR) is 80.2 cm³/mol. The van der Waals surface area contributed by atoms with Crippen molar-refractivity contribution in [1.29, 1.82) is 0 Å². The number of carbonyl (C=O) groups excluding carboxylic acids is 1. The van der Waals surface area contributed by atoms with Crippen LogP contribution < -0.4 is 15.4 Å². The van der Waals surface area contributed by atoms with Crippen LogP contribution in [0.4, 0.5) is 23.7 Å². The fourth-order valence-electron chi connectivity index (χ4n) is 2.12. The summed E-state index contributed by atoms with van der Waals surface area (Å²) in [4.78, 5) is 11.7. The molecule has 1 unspecified atom stereocenters. The average molecular weight is 334 g/mol. The maximum atomic E-state index is 13.5. The quantitative estimate of drug-likeness (QED) is 0.648. The van der Waals surface area contributed by atoms with Gasteiger partial charge in [-0.1, -0.05) is 13.3 Å². The molecular formula is C15H21F3N2O3. The van der Waals surface area contributed by atoms with E-state index in [9.17, 15) is 18.0 Å². The number of urea groups is 1. The lowest BCUT2D eigenvalue weighted by molar-refractivity contribution is -0.0521. The molecule has 0 spiro atoms. The fourth-order valence-corrected chi connectivity index (χ4v) is 2.12. The van der Waals surface area contributed by atoms with E-state index in [-0.39, 0.29) is 18.2 Å². The number of ether oxygens (including phenoxy) is 1. The number of nitrogens with one attached hydrogen (secondary N) is 2. The van der Waals surface area contributed by atoms with Crippen molar-refractivity contribution in [1.82, 2.24) is 5.32 Å². The highest BCUT2D eigenvalue weighted by Gasteiger charge is 2.12. The van der Waals surface area contributed by atoms with Crippen molar-refractivity contribution in [2.24, 2.45) is 5.92 Å². The zero-order valence-corrected chi connectivity index (χ0v) is 12.8. The van der Waals surface area contributed by atoms with Crippen molar-refractivity contribution < 1.29 is 27.8 Å². The van der Waals surface area contributed by atoms with Gasteiger partial charge in [-0.3, -0.25) is 0 Å². The van der Waals surface area contributed by atoms with Crippen LogP contribution in [0.15, 0.2) is 18.2 Å². The van der Waals surface area contributed by atoms with E-state index in [1.807, 2.05) is 6.92 Å². The first-order chi connectivity index (χ1) is 11.0. The molecule has 3 N–H and O–H groups in total. The van der Waals surface area contributed by atoms with Crippen molar-refractivity contribution in [3.8, 4) is 5.75 Å². The molecular weight excluding hydrogens is 313 g/mol. The zero-order valence-electron chi connectivity index (χ0n) is 12.8. The Labute approximate surface area is 132 Å². The summed E-state index contributed by atoms with van der Waals surface area (Å²) in [5.41, 5.74) is 0.121. The molecule has 0 aliphatic heterocycles. The van der Waals surface area contributed by atoms with Gasteiger partial charge in [0.15, 0.2) is 11.6 Å². The van der Waals surface area contributed by atoms with Gasteiger partial charge in [0.05, 0.1) is 0 Å². The van der Waals surface area contributed by atoms with Crippen LogP contribution in [0.3, 0.4) is 0 Å². The highest BCUT2D eigenvalue weighted by Crippen LogP contribution is 2.22. The molecule has 0 saturated carbocycles. The van der Waals surface area contributed by atoms with E-state index in [1.165, 1.54) is 6.07 Å². The van der Waals surface area contributed by atoms with Crippen molar-refractivity contribution >= 4 is 11.7 Å². The van der Waals surface area contributed by atoms with Gasteiger partial charge in [0, 0.05) is 24.9 Å². The van der Waals surface area contributed by atoms with Crippen LogP contribution in [0.1, 0.15) is 26.2 Å². The maximum absolute atomic E-state index is 13.5. The molecule has 0 heterocycles. The second-order valence-corrected chi connectivity index (χ2v) is 5.03. The number of carbonyl (C=O) groups is 1. The molecule has 1 atom stereocenters. The number of aliphatic hydroxyl groups excluding tert-OH is 1. The molecule has 0 fully saturated rings. The van der Waals surface area contributed by atoms with Gasteiger partial charge in [0.2, 0.25) is 0 Å². The smallest absolute Gasteiger partial charge is 0.387 e. The van der Waals surface area contributed by atoms with Gasteiger partial charge in [0.1, 0.15) is 0 Å². The minimum absolute atomic E-state index is 0.0464. The number of amides is 2. The first-order valence-corrected chi connectivity index (χ1v) is 7.36. The Morgan fingerprint density at radius 1 is 1.35 bits per heavy atom. The third-order valence-corrected chi connectivity index (χ3v) is 3.19. The van der Waals surface area contributed by atoms with Gasteiger partial charge in [-0.05, 0) is 30.9 Å². The molecule has 0 aromatic heterocycles. The monoisotopic (exact) mass is 334 g/mol. The predicted octanol–water partition coefficient (Wildman–Crippen LogP) is 3.35. The Bertz CT molecular complexity index is 495. The lowest BCUT2D eigenvalue weighted by Gasteiger charge is -2.16. The largest absolute Gasteiger partial charge is 0.432 e. The number of halogens is 3. The summed E-state index contributed by atoms with van der Waals surface area (Å²) in [5.74, 6) is -1.42. The van der Waals surface area contributed by atoms with Gasteiger partial charge in [-0.2, -0.15) is 8.78 Å². The van der Waals surface area contributed by atoms with Crippen molar-refractivity contribution in [2.75, 3.05) is 18.5 Å². The number of hydrogen-bond donors (Lipinski definition) is 3. The number of aliphatic hydroxyl groups is 1. The minimum Gasteiger partial charge on any atom is -0.432 e. The van der Waals surface area contributed by atoms with Gasteiger partial charge in [-0.15, -0.1) is 0 Å². The van der Waals surface area contributed by atoms with Crippen LogP contribution in [0.25, 0.3) is 0 Å². The molecule has 0 aliphatic rings. The van der Waals surface area contributed by atoms with Crippen LogP contribution in [-0.4, -0.2) is 30.9 Å². The number of benzene rings is 1. The third-order valence-electron chi connectivity index (χ3n) is 3.19. The zero-order chi connectivity index (χ0) is 17.2. The Hall–Kier alpha value is -1.96. The van der Waals surface area contributed by atoms with E-state index in [0.29, 0.717) is 13.0 Å². The SMILES string of the molecule is CCCC(CCO)CNC(=O)Nc1ccc(OC(F)F)c(F)c1. The Balaban J connectivity index is 2.52. The topological polar surface area (TPSA) is 70.6 Å². The standard InChI is InChI=1S/C15H21F3N2O3/c1-2-3-10(6-7-21)9-19-15(22)20-11-4-5-13(12(16)8-11)23-14(17)18/h4-5,8,10,14,21H,2-3,6-7,9H2,1H3,(H2,19,20,22). The Morgan fingerprint density at radius 3 is 2.65 bits per heavy atom. The first-order valence-electron chi connectivity index (χ1n) is 7.36. The van der Waals surface area contributed by atoms with Crippen molar-refractivity contribution in [3.63, 3.8) is 0 Å². The summed E-state index contributed by atoms with van der Waals surface area (Å²) in [6.07, 6.45) is 2.39. The highest BCUT2D eigenvalue weighted by molar-refractivity contribution is 5.89. The van der Waals surface area contributed by atoms with E-state index >= 15 is 0 Å². The second kappa shape index (κ2) is 9.94. The van der Waals surface area contributed by atoms with E-state index in [0.717, 1.165) is 25.0 Å². The van der Waals surface area contributed by atoms with Crippen LogP contribution in [0, 0.1) is 11.7 Å². The van der Waals surface area contributed by atoms with Crippen LogP contribution in [0.5, 0.6) is 5.75 Å². The molecule has 1 aromatic carbocycles. The van der Waals surface area contributed by atoms with Crippen molar-refractivity contribution in [2.45, 2.75) is 32.8 Å². The van der Waals surface area contributed by atoms with Gasteiger partial charge >= 0.3 is 12.6 Å². The van der Waals surface area contributed by atoms with Crippen LogP contribution in [0.2, 0.25) is 0 Å². The molecule has 23 heavy (non-hydrogen) atoms. The van der Waals surface area contributed by atoms with Gasteiger partial charge in [-0.25, -0.2) is 9.18 Å². The normalized spacial score (nSPS) is 12.1. The number of hydrogen-bond acceptors (Lipinski definition) is 3. The van der Waals surface area contributed by atoms with Gasteiger partial charge in [0.25, 0.3) is 0 Å². The minimum atomic E-state index is -3.12. The summed E-state index contributed by atoms with van der Waals surface area (Å²) < 4.78 is 41.5. The first kappa shape index (κ1) is 19.1. The Morgan fingerprint density at radius 2 is 2.09 bits per heavy atom. The van der Waals surface area contributed by atoms with E-state index in [1.54, 1.807) is 0 Å². The summed E-state index contributed by atoms with van der Waals surface area (Å²) in [6, 6.07) is 2.64. The summed E-state index contributed by atoms with van der Waals surface area (Å²) in [6.45, 7) is -0.676. The second-order valence-electron chi connectivity index (χ2n) is 5.03. The average Bonchev–Trinajstić information content (AvgIpc) is 2.48. The molecule has 0 radical (unpaired) electrons. The number of rotatable bonds is 9. The molecule has 130 valence electrons. The lowest BCUT2D eigenvalue weighted by Crippen LogP contribution is -2.33. The maximum Gasteiger partial charge on any atom is 0.387 e. The molecule has 0 aliphatic carbocycles. The molecule has 8 heteroatoms. The number of alkyl halides is 2. The van der Waals surface area contributed by atoms with E-state index in [4.69, 9.17) is 5.11 Å².